The number of fused-ring (bicyclic) bond motifs is 3. The number of benzene rings is 2. The number of amides is 1. The molecule has 3 aromatic heterocycles. The first-order chi connectivity index (χ1) is 18.4. The molecule has 2 aromatic carbocycles. The van der Waals surface area contributed by atoms with Gasteiger partial charge in [-0.3, -0.25) is 4.79 Å². The Hall–Kier alpha value is -4.29. The Balaban J connectivity index is 1.35. The Morgan fingerprint density at radius 2 is 1.92 bits per heavy atom. The number of aromatic amines is 1. The Morgan fingerprint density at radius 1 is 1.18 bits per heavy atom. The lowest BCUT2D eigenvalue weighted by Gasteiger charge is -2.20. The highest BCUT2D eigenvalue weighted by molar-refractivity contribution is 6.46. The highest BCUT2D eigenvalue weighted by Gasteiger charge is 2.38. The van der Waals surface area contributed by atoms with Crippen LogP contribution < -0.4 is 25.8 Å². The number of H-pyrrole nitrogens is 1. The molecule has 39 heavy (non-hydrogen) atoms. The van der Waals surface area contributed by atoms with Crippen molar-refractivity contribution in [1.29, 1.82) is 0 Å². The molecule has 4 heterocycles. The maximum absolute atomic E-state index is 15.4. The molecule has 1 aliphatic heterocycles. The third-order valence-corrected chi connectivity index (χ3v) is 6.16. The zero-order chi connectivity index (χ0) is 27.7. The number of nitrogens with two attached hydrogens (primary N) is 1. The summed E-state index contributed by atoms with van der Waals surface area (Å²) in [6.07, 6.45) is 2.83. The van der Waals surface area contributed by atoms with Gasteiger partial charge in [-0.05, 0) is 61.7 Å². The molecule has 1 aliphatic rings. The molecular formula is C25H21Cl2FN8O3. The molecule has 5 N–H and O–H groups in total. The molecule has 0 fully saturated rings. The van der Waals surface area contributed by atoms with Gasteiger partial charge in [0.15, 0.2) is 17.3 Å². The molecule has 1 amide bonds. The van der Waals surface area contributed by atoms with Gasteiger partial charge in [-0.2, -0.15) is 5.10 Å². The summed E-state index contributed by atoms with van der Waals surface area (Å²) in [5, 5.41) is 10.0. The molecule has 14 heteroatoms. The number of nitrogens with one attached hydrogen (secondary N) is 3. The third-order valence-electron chi connectivity index (χ3n) is 5.85. The number of aromatic nitrogens is 5. The Kier molecular flexibility index (Phi) is 5.52. The van der Waals surface area contributed by atoms with E-state index in [1.54, 1.807) is 24.4 Å². The molecule has 5 aromatic rings. The number of ether oxygens (including phenoxy) is 2. The molecule has 6 rings (SSSR count). The summed E-state index contributed by atoms with van der Waals surface area (Å²) in [6.45, 7) is 5.59. The minimum atomic E-state index is -1.80. The van der Waals surface area contributed by atoms with E-state index in [0.29, 0.717) is 39.2 Å². The summed E-state index contributed by atoms with van der Waals surface area (Å²) in [4.78, 5) is 24.7. The first-order valence-electron chi connectivity index (χ1n) is 11.7. The fourth-order valence-electron chi connectivity index (χ4n) is 4.32. The van der Waals surface area contributed by atoms with E-state index in [9.17, 15) is 4.79 Å². The second kappa shape index (κ2) is 8.61. The number of halogens is 3. The van der Waals surface area contributed by atoms with Gasteiger partial charge in [0.1, 0.15) is 17.7 Å². The zero-order valence-electron chi connectivity index (χ0n) is 20.8. The number of carbonyl (C=O) groups is 1. The molecule has 0 bridgehead atoms. The van der Waals surface area contributed by atoms with Crippen LogP contribution in [0.4, 0.5) is 21.8 Å². The average Bonchev–Trinajstić information content (AvgIpc) is 3.49. The molecule has 0 saturated heterocycles. The van der Waals surface area contributed by atoms with E-state index in [-0.39, 0.29) is 28.9 Å². The van der Waals surface area contributed by atoms with Gasteiger partial charge in [-0.1, -0.05) is 6.07 Å². The SMILES string of the molecule is CC(C)(C)NC(=O)c1cn2ncnc(N)c2c1-c1ccc(Nc2nc3cc4c(cc3[nH]2)OC(Cl)(Cl)O4)c(F)c1. The van der Waals surface area contributed by atoms with Crippen LogP contribution in [-0.4, -0.2) is 40.7 Å². The molecule has 0 spiro atoms. The van der Waals surface area contributed by atoms with Crippen molar-refractivity contribution in [3.8, 4) is 22.6 Å². The molecule has 0 aliphatic carbocycles. The first kappa shape index (κ1) is 25.0. The van der Waals surface area contributed by atoms with E-state index in [0.717, 1.165) is 0 Å². The van der Waals surface area contributed by atoms with Crippen molar-refractivity contribution in [2.24, 2.45) is 0 Å². The number of imidazole rings is 1. The summed E-state index contributed by atoms with van der Waals surface area (Å²) in [6, 6.07) is 7.74. The molecule has 0 radical (unpaired) electrons. The van der Waals surface area contributed by atoms with Gasteiger partial charge in [0.05, 0.1) is 22.3 Å². The zero-order valence-corrected chi connectivity index (χ0v) is 22.3. The van der Waals surface area contributed by atoms with Crippen molar-refractivity contribution in [1.82, 2.24) is 29.9 Å². The van der Waals surface area contributed by atoms with Gasteiger partial charge in [-0.15, -0.1) is 0 Å². The number of anilines is 3. The molecule has 0 saturated carbocycles. The van der Waals surface area contributed by atoms with Crippen molar-refractivity contribution < 1.29 is 18.7 Å². The average molecular weight is 571 g/mol. The van der Waals surface area contributed by atoms with Crippen molar-refractivity contribution in [2.45, 2.75) is 31.0 Å². The van der Waals surface area contributed by atoms with Crippen LogP contribution in [0, 0.1) is 5.82 Å². The smallest absolute Gasteiger partial charge is 0.419 e. The fraction of sp³-hybridized carbons (Fsp3) is 0.200. The number of nitrogens with zero attached hydrogens (tertiary/aromatic N) is 4. The highest BCUT2D eigenvalue weighted by Crippen LogP contribution is 2.45. The topological polar surface area (TPSA) is 144 Å². The number of nitrogen functional groups attached to an aromatic ring is 1. The quantitative estimate of drug-likeness (QED) is 0.218. The normalized spacial score (nSPS) is 14.2. The molecular weight excluding hydrogens is 550 g/mol. The largest absolute Gasteiger partial charge is 0.423 e. The maximum Gasteiger partial charge on any atom is 0.419 e. The molecule has 0 atom stereocenters. The van der Waals surface area contributed by atoms with Gasteiger partial charge in [0, 0.05) is 29.4 Å². The Morgan fingerprint density at radius 3 is 2.64 bits per heavy atom. The van der Waals surface area contributed by atoms with E-state index in [1.165, 1.54) is 23.0 Å². The van der Waals surface area contributed by atoms with Gasteiger partial charge < -0.3 is 30.8 Å². The molecule has 11 nitrogen and oxygen atoms in total. The predicted octanol–water partition coefficient (Wildman–Crippen LogP) is 5.13. The lowest BCUT2D eigenvalue weighted by atomic mass is 10.00. The monoisotopic (exact) mass is 570 g/mol. The number of hydrogen-bond donors (Lipinski definition) is 4. The lowest BCUT2D eigenvalue weighted by Crippen LogP contribution is -2.40. The summed E-state index contributed by atoms with van der Waals surface area (Å²) in [5.74, 6) is 0.157. The molecule has 0 unspecified atom stereocenters. The van der Waals surface area contributed by atoms with Gasteiger partial charge >= 0.3 is 4.71 Å². The second-order valence-electron chi connectivity index (χ2n) is 9.95. The summed E-state index contributed by atoms with van der Waals surface area (Å²) >= 11 is 11.7. The van der Waals surface area contributed by atoms with Crippen molar-refractivity contribution >= 4 is 63.1 Å². The van der Waals surface area contributed by atoms with Crippen LogP contribution in [0.3, 0.4) is 0 Å². The summed E-state index contributed by atoms with van der Waals surface area (Å²) in [7, 11) is 0. The van der Waals surface area contributed by atoms with Crippen LogP contribution in [0.1, 0.15) is 31.1 Å². The van der Waals surface area contributed by atoms with Crippen molar-refractivity contribution in [3.05, 3.63) is 54.2 Å². The Bertz CT molecular complexity index is 1750. The number of hydrogen-bond acceptors (Lipinski definition) is 8. The van der Waals surface area contributed by atoms with Crippen LogP contribution in [-0.2, 0) is 0 Å². The highest BCUT2D eigenvalue weighted by atomic mass is 35.5. The first-order valence-corrected chi connectivity index (χ1v) is 12.4. The van der Waals surface area contributed by atoms with Crippen LogP contribution in [0.15, 0.2) is 42.9 Å². The van der Waals surface area contributed by atoms with E-state index >= 15 is 4.39 Å². The number of rotatable bonds is 4. The fourth-order valence-corrected chi connectivity index (χ4v) is 4.65. The summed E-state index contributed by atoms with van der Waals surface area (Å²) < 4.78 is 25.7. The van der Waals surface area contributed by atoms with Crippen molar-refractivity contribution in [2.75, 3.05) is 11.1 Å². The minimum absolute atomic E-state index is 0.145. The van der Waals surface area contributed by atoms with Crippen LogP contribution in [0.5, 0.6) is 11.5 Å². The lowest BCUT2D eigenvalue weighted by molar-refractivity contribution is 0.0849. The van der Waals surface area contributed by atoms with E-state index < -0.39 is 16.1 Å². The second-order valence-corrected chi connectivity index (χ2v) is 11.1. The maximum atomic E-state index is 15.4. The van der Waals surface area contributed by atoms with E-state index in [2.05, 4.69) is 30.7 Å². The standard InChI is InChI=1S/C25H21Cl2FN8O3/c1-24(2,3)35-22(37)12-9-36-20(21(29)30-10-31-36)19(12)11-4-5-14(13(28)6-11)32-23-33-15-7-17-18(8-16(15)34-23)39-25(26,27)38-17/h4-10H,1-3H3,(H,35,37)(H2,29,30,31)(H2,32,33,34). The third kappa shape index (κ3) is 4.61. The number of alkyl halides is 2. The van der Waals surface area contributed by atoms with Crippen LogP contribution >= 0.6 is 23.2 Å². The summed E-state index contributed by atoms with van der Waals surface area (Å²) in [5.41, 5.74) is 8.40. The Labute approximate surface area is 230 Å². The van der Waals surface area contributed by atoms with Gasteiger partial charge in [-0.25, -0.2) is 18.9 Å². The minimum Gasteiger partial charge on any atom is -0.423 e. The number of carbonyl (C=O) groups excluding carboxylic acids is 1. The van der Waals surface area contributed by atoms with Crippen LogP contribution in [0.25, 0.3) is 27.7 Å². The van der Waals surface area contributed by atoms with E-state index in [1.807, 2.05) is 20.8 Å². The van der Waals surface area contributed by atoms with Gasteiger partial charge in [0.2, 0.25) is 5.95 Å². The van der Waals surface area contributed by atoms with Gasteiger partial charge in [0.25, 0.3) is 5.91 Å². The predicted molar refractivity (Wildman–Crippen MR) is 145 cm³/mol. The van der Waals surface area contributed by atoms with Crippen molar-refractivity contribution in [3.63, 3.8) is 0 Å². The molecule has 200 valence electrons. The van der Waals surface area contributed by atoms with Crippen LogP contribution in [0.2, 0.25) is 0 Å². The van der Waals surface area contributed by atoms with E-state index in [4.69, 9.17) is 38.4 Å².